The number of hydrogen-bond donors (Lipinski definition) is 1. The predicted octanol–water partition coefficient (Wildman–Crippen LogP) is 4.58. The van der Waals surface area contributed by atoms with Gasteiger partial charge in [-0.1, -0.05) is 41.9 Å². The molecule has 2 aliphatic rings. The number of benzene rings is 3. The Morgan fingerprint density at radius 3 is 2.58 bits per heavy atom. The van der Waals surface area contributed by atoms with E-state index in [4.69, 9.17) is 21.1 Å². The molecule has 0 radical (unpaired) electrons. The van der Waals surface area contributed by atoms with Crippen LogP contribution in [0.2, 0.25) is 5.02 Å². The first-order chi connectivity index (χ1) is 17.6. The maximum absolute atomic E-state index is 13.6. The van der Waals surface area contributed by atoms with Crippen molar-refractivity contribution in [3.05, 3.63) is 82.9 Å². The minimum Gasteiger partial charge on any atom is -0.497 e. The lowest BCUT2D eigenvalue weighted by Crippen LogP contribution is -2.61. The molecular weight excluding hydrogens is 474 g/mol. The van der Waals surface area contributed by atoms with Gasteiger partial charge in [0.05, 0.1) is 31.9 Å². The Morgan fingerprint density at radius 2 is 1.81 bits per heavy atom. The van der Waals surface area contributed by atoms with Crippen molar-refractivity contribution in [1.29, 1.82) is 0 Å². The van der Waals surface area contributed by atoms with Gasteiger partial charge >= 0.3 is 0 Å². The first-order valence-corrected chi connectivity index (χ1v) is 12.8. The molecule has 0 unspecified atom stereocenters. The van der Waals surface area contributed by atoms with Gasteiger partial charge in [0.2, 0.25) is 5.91 Å². The number of amides is 1. The molecule has 2 atom stereocenters. The van der Waals surface area contributed by atoms with Crippen LogP contribution in [0.3, 0.4) is 0 Å². The highest BCUT2D eigenvalue weighted by Gasteiger charge is 2.41. The molecule has 188 valence electrons. The zero-order valence-electron chi connectivity index (χ0n) is 20.7. The molecule has 0 aromatic heterocycles. The number of carbonyl (C=O) groups excluding carboxylic acids is 1. The maximum Gasteiger partial charge on any atom is 0.225 e. The minimum absolute atomic E-state index is 0.0540. The smallest absolute Gasteiger partial charge is 0.225 e. The number of methoxy groups -OCH3 is 2. The van der Waals surface area contributed by atoms with Crippen LogP contribution in [0.1, 0.15) is 11.1 Å². The van der Waals surface area contributed by atoms with Gasteiger partial charge in [-0.15, -0.1) is 0 Å². The first kappa shape index (κ1) is 24.3. The third-order valence-corrected chi connectivity index (χ3v) is 7.55. The van der Waals surface area contributed by atoms with Crippen molar-refractivity contribution in [3.8, 4) is 11.5 Å². The normalized spacial score (nSPS) is 18.8. The van der Waals surface area contributed by atoms with Gasteiger partial charge in [0.15, 0.2) is 0 Å². The van der Waals surface area contributed by atoms with E-state index >= 15 is 0 Å². The fourth-order valence-corrected chi connectivity index (χ4v) is 5.61. The Bertz CT molecular complexity index is 1220. The van der Waals surface area contributed by atoms with E-state index in [0.29, 0.717) is 11.6 Å². The fourth-order valence-electron chi connectivity index (χ4n) is 5.44. The number of anilines is 2. The molecule has 1 saturated heterocycles. The number of piperazine rings is 1. The summed E-state index contributed by atoms with van der Waals surface area (Å²) < 4.78 is 10.9. The lowest BCUT2D eigenvalue weighted by atomic mass is 9.83. The number of fused-ring (bicyclic) bond motifs is 3. The van der Waals surface area contributed by atoms with Crippen LogP contribution in [0.15, 0.2) is 66.7 Å². The molecular formula is C29H32ClN3O3. The van der Waals surface area contributed by atoms with Crippen LogP contribution < -0.4 is 24.6 Å². The Kier molecular flexibility index (Phi) is 7.23. The van der Waals surface area contributed by atoms with Crippen molar-refractivity contribution in [2.75, 3.05) is 50.2 Å². The van der Waals surface area contributed by atoms with Crippen LogP contribution in [0.5, 0.6) is 11.5 Å². The Morgan fingerprint density at radius 1 is 1.00 bits per heavy atom. The summed E-state index contributed by atoms with van der Waals surface area (Å²) >= 11 is 6.34. The summed E-state index contributed by atoms with van der Waals surface area (Å²) in [6.45, 7) is 2.98. The number of ether oxygens (including phenoxy) is 2. The molecule has 6 nitrogen and oxygen atoms in total. The summed E-state index contributed by atoms with van der Waals surface area (Å²) in [6.07, 6.45) is 1.51. The second kappa shape index (κ2) is 10.7. The quantitative estimate of drug-likeness (QED) is 0.509. The minimum atomic E-state index is -0.149. The van der Waals surface area contributed by atoms with Gasteiger partial charge in [-0.2, -0.15) is 0 Å². The molecule has 5 rings (SSSR count). The zero-order chi connectivity index (χ0) is 25.1. The van der Waals surface area contributed by atoms with Crippen molar-refractivity contribution in [3.63, 3.8) is 0 Å². The molecule has 3 aromatic rings. The Balaban J connectivity index is 1.34. The number of rotatable bonds is 7. The van der Waals surface area contributed by atoms with Gasteiger partial charge in [0.25, 0.3) is 0 Å². The van der Waals surface area contributed by atoms with Gasteiger partial charge in [-0.05, 0) is 60.4 Å². The number of halogens is 1. The molecule has 36 heavy (non-hydrogen) atoms. The second-order valence-electron chi connectivity index (χ2n) is 9.35. The summed E-state index contributed by atoms with van der Waals surface area (Å²) in [6, 6.07) is 22.2. The van der Waals surface area contributed by atoms with Crippen molar-refractivity contribution in [2.45, 2.75) is 18.9 Å². The Labute approximate surface area is 217 Å². The highest BCUT2D eigenvalue weighted by atomic mass is 35.5. The van der Waals surface area contributed by atoms with E-state index in [1.807, 2.05) is 42.5 Å². The average molecular weight is 506 g/mol. The number of para-hydroxylation sites is 1. The van der Waals surface area contributed by atoms with E-state index in [-0.39, 0.29) is 17.9 Å². The maximum atomic E-state index is 13.6. The summed E-state index contributed by atoms with van der Waals surface area (Å²) in [5.41, 5.74) is 4.62. The van der Waals surface area contributed by atoms with Gasteiger partial charge in [0.1, 0.15) is 11.5 Å². The molecule has 2 heterocycles. The molecule has 1 N–H and O–H groups in total. The van der Waals surface area contributed by atoms with E-state index in [0.717, 1.165) is 49.7 Å². The Hall–Kier alpha value is -3.38. The van der Waals surface area contributed by atoms with E-state index in [1.165, 1.54) is 16.8 Å². The topological polar surface area (TPSA) is 54.0 Å². The number of hydrogen-bond acceptors (Lipinski definition) is 5. The SMILES string of the molecule is COc1ccc(CCNC(=O)[C@H]2Cc3ccccc3N3CCN(c4cc(Cl)ccc4OC)C[C@H]23)cc1. The van der Waals surface area contributed by atoms with Crippen LogP contribution in [-0.4, -0.2) is 52.3 Å². The summed E-state index contributed by atoms with van der Waals surface area (Å²) in [5, 5.41) is 3.89. The number of carbonyl (C=O) groups is 1. The molecule has 3 aromatic carbocycles. The molecule has 0 spiro atoms. The zero-order valence-corrected chi connectivity index (χ0v) is 21.5. The number of nitrogens with one attached hydrogen (secondary N) is 1. The van der Waals surface area contributed by atoms with E-state index < -0.39 is 0 Å². The monoisotopic (exact) mass is 505 g/mol. The van der Waals surface area contributed by atoms with Gasteiger partial charge in [0, 0.05) is 36.9 Å². The van der Waals surface area contributed by atoms with Crippen molar-refractivity contribution < 1.29 is 14.3 Å². The van der Waals surface area contributed by atoms with E-state index in [9.17, 15) is 4.79 Å². The molecule has 0 bridgehead atoms. The lowest BCUT2D eigenvalue weighted by molar-refractivity contribution is -0.125. The first-order valence-electron chi connectivity index (χ1n) is 12.4. The third kappa shape index (κ3) is 4.96. The second-order valence-corrected chi connectivity index (χ2v) is 9.79. The van der Waals surface area contributed by atoms with Crippen LogP contribution in [0.25, 0.3) is 0 Å². The van der Waals surface area contributed by atoms with Gasteiger partial charge < -0.3 is 24.6 Å². The summed E-state index contributed by atoms with van der Waals surface area (Å²) in [4.78, 5) is 18.3. The largest absolute Gasteiger partial charge is 0.497 e. The predicted molar refractivity (Wildman–Crippen MR) is 145 cm³/mol. The summed E-state index contributed by atoms with van der Waals surface area (Å²) in [7, 11) is 3.34. The molecule has 1 amide bonds. The van der Waals surface area contributed by atoms with Crippen molar-refractivity contribution in [1.82, 2.24) is 5.32 Å². The molecule has 7 heteroatoms. The van der Waals surface area contributed by atoms with Gasteiger partial charge in [-0.3, -0.25) is 4.79 Å². The van der Waals surface area contributed by atoms with Gasteiger partial charge in [-0.25, -0.2) is 0 Å². The molecule has 0 aliphatic carbocycles. The van der Waals surface area contributed by atoms with E-state index in [2.05, 4.69) is 39.4 Å². The van der Waals surface area contributed by atoms with Crippen LogP contribution in [0, 0.1) is 5.92 Å². The number of nitrogens with zero attached hydrogens (tertiary/aromatic N) is 2. The van der Waals surface area contributed by atoms with Crippen LogP contribution >= 0.6 is 11.6 Å². The molecule has 0 saturated carbocycles. The highest BCUT2D eigenvalue weighted by molar-refractivity contribution is 6.31. The third-order valence-electron chi connectivity index (χ3n) is 7.31. The fraction of sp³-hybridized carbons (Fsp3) is 0.345. The van der Waals surface area contributed by atoms with E-state index in [1.54, 1.807) is 14.2 Å². The summed E-state index contributed by atoms with van der Waals surface area (Å²) in [5.74, 6) is 1.59. The standard InChI is InChI=1S/C29H32ClN3O3/c1-35-23-10-7-20(8-11-23)13-14-31-29(34)24-17-21-5-3-4-6-25(21)33-16-15-32(19-27(24)33)26-18-22(30)9-12-28(26)36-2/h3-12,18,24,27H,13-17,19H2,1-2H3,(H,31,34)/t24-,27+/m0/s1. The highest BCUT2D eigenvalue weighted by Crippen LogP contribution is 2.39. The molecule has 2 aliphatic heterocycles. The van der Waals surface area contributed by atoms with Crippen LogP contribution in [0.4, 0.5) is 11.4 Å². The molecule has 1 fully saturated rings. The lowest BCUT2D eigenvalue weighted by Gasteiger charge is -2.49. The van der Waals surface area contributed by atoms with Crippen molar-refractivity contribution in [2.24, 2.45) is 5.92 Å². The van der Waals surface area contributed by atoms with Crippen molar-refractivity contribution >= 4 is 28.9 Å². The average Bonchev–Trinajstić information content (AvgIpc) is 2.92. The van der Waals surface area contributed by atoms with Crippen LogP contribution in [-0.2, 0) is 17.6 Å².